The van der Waals surface area contributed by atoms with Gasteiger partial charge in [0, 0.05) is 13.1 Å². The van der Waals surface area contributed by atoms with Gasteiger partial charge in [0.05, 0.1) is 5.60 Å². The predicted molar refractivity (Wildman–Crippen MR) is 85.7 cm³/mol. The Morgan fingerprint density at radius 2 is 1.70 bits per heavy atom. The van der Waals surface area contributed by atoms with E-state index in [1.807, 2.05) is 0 Å². The van der Waals surface area contributed by atoms with E-state index in [1.54, 1.807) is 25.7 Å². The van der Waals surface area contributed by atoms with Crippen LogP contribution in [0.15, 0.2) is 0 Å². The normalized spacial score (nSPS) is 18.7. The minimum absolute atomic E-state index is 0.265. The number of aliphatic hydroxyl groups is 1. The van der Waals surface area contributed by atoms with Crippen molar-refractivity contribution in [2.75, 3.05) is 19.7 Å². The van der Waals surface area contributed by atoms with Crippen molar-refractivity contribution < 1.29 is 24.2 Å². The Labute approximate surface area is 138 Å². The lowest BCUT2D eigenvalue weighted by atomic mass is 9.94. The molecular weight excluding hydrogens is 300 g/mol. The molecule has 1 rings (SSSR count). The van der Waals surface area contributed by atoms with E-state index in [0.717, 1.165) is 12.8 Å². The van der Waals surface area contributed by atoms with Gasteiger partial charge in [-0.05, 0) is 47.5 Å². The van der Waals surface area contributed by atoms with Crippen LogP contribution in [0.25, 0.3) is 0 Å². The molecule has 0 spiro atoms. The summed E-state index contributed by atoms with van der Waals surface area (Å²) in [6.07, 6.45) is 0.901. The number of carbonyl (C=O) groups is 2. The van der Waals surface area contributed by atoms with Gasteiger partial charge in [-0.25, -0.2) is 4.79 Å². The molecule has 134 valence electrons. The minimum atomic E-state index is -1.36. The van der Waals surface area contributed by atoms with E-state index in [2.05, 4.69) is 0 Å². The largest absolute Gasteiger partial charge is 0.458 e. The molecule has 0 radical (unpaired) electrons. The molecule has 0 saturated carbocycles. The van der Waals surface area contributed by atoms with Gasteiger partial charge in [-0.15, -0.1) is 0 Å². The summed E-state index contributed by atoms with van der Waals surface area (Å²) in [7, 11) is 0. The van der Waals surface area contributed by atoms with Crippen molar-refractivity contribution >= 4 is 11.9 Å². The van der Waals surface area contributed by atoms with Crippen molar-refractivity contribution in [3.63, 3.8) is 0 Å². The molecule has 1 unspecified atom stereocenters. The molecule has 1 fully saturated rings. The summed E-state index contributed by atoms with van der Waals surface area (Å²) in [5.41, 5.74) is 4.02. The summed E-state index contributed by atoms with van der Waals surface area (Å²) in [6.45, 7) is 9.22. The van der Waals surface area contributed by atoms with Crippen molar-refractivity contribution in [2.45, 2.75) is 70.8 Å². The lowest BCUT2D eigenvalue weighted by Crippen LogP contribution is -2.58. The fourth-order valence-electron chi connectivity index (χ4n) is 2.55. The zero-order valence-corrected chi connectivity index (χ0v) is 14.8. The highest BCUT2D eigenvalue weighted by Gasteiger charge is 2.39. The van der Waals surface area contributed by atoms with Gasteiger partial charge < -0.3 is 25.2 Å². The number of esters is 1. The van der Waals surface area contributed by atoms with Crippen LogP contribution in [0.3, 0.4) is 0 Å². The molecule has 0 bridgehead atoms. The molecule has 1 saturated heterocycles. The quantitative estimate of drug-likeness (QED) is 0.685. The van der Waals surface area contributed by atoms with Crippen LogP contribution in [0.2, 0.25) is 0 Å². The lowest BCUT2D eigenvalue weighted by Gasteiger charge is -2.34. The Hall–Kier alpha value is -1.18. The summed E-state index contributed by atoms with van der Waals surface area (Å²) in [4.78, 5) is 25.8. The zero-order chi connectivity index (χ0) is 17.8. The molecule has 1 aliphatic rings. The first-order chi connectivity index (χ1) is 10.4. The number of rotatable bonds is 6. The molecule has 7 nitrogen and oxygen atoms in total. The highest BCUT2D eigenvalue weighted by Crippen LogP contribution is 2.19. The number of nitrogens with two attached hydrogens (primary N) is 1. The fourth-order valence-corrected chi connectivity index (χ4v) is 2.55. The number of nitrogens with zero attached hydrogens (tertiary/aromatic N) is 1. The second-order valence-electron chi connectivity index (χ2n) is 7.53. The predicted octanol–water partition coefficient (Wildman–Crippen LogP) is 0.434. The summed E-state index contributed by atoms with van der Waals surface area (Å²) in [5, 5.41) is 10.3. The van der Waals surface area contributed by atoms with Crippen molar-refractivity contribution in [2.24, 2.45) is 5.73 Å². The van der Waals surface area contributed by atoms with Crippen molar-refractivity contribution in [1.29, 1.82) is 0 Å². The molecule has 1 heterocycles. The van der Waals surface area contributed by atoms with Crippen LogP contribution in [0.1, 0.15) is 47.5 Å². The van der Waals surface area contributed by atoms with Gasteiger partial charge in [0.25, 0.3) is 0 Å². The molecule has 3 N–H and O–H groups in total. The van der Waals surface area contributed by atoms with Gasteiger partial charge in [-0.3, -0.25) is 4.79 Å². The number of amides is 1. The third-order valence-electron chi connectivity index (χ3n) is 3.53. The van der Waals surface area contributed by atoms with E-state index in [9.17, 15) is 14.7 Å². The molecule has 1 aliphatic heterocycles. The van der Waals surface area contributed by atoms with E-state index >= 15 is 0 Å². The topological polar surface area (TPSA) is 102 Å². The smallest absolute Gasteiger partial charge is 0.332 e. The van der Waals surface area contributed by atoms with Gasteiger partial charge in [0.1, 0.15) is 24.4 Å². The molecule has 0 aromatic rings. The van der Waals surface area contributed by atoms with Gasteiger partial charge in [0.15, 0.2) is 0 Å². The molecule has 0 aliphatic carbocycles. The van der Waals surface area contributed by atoms with Gasteiger partial charge in [-0.2, -0.15) is 0 Å². The van der Waals surface area contributed by atoms with Gasteiger partial charge in [-0.1, -0.05) is 0 Å². The number of likely N-dealkylation sites (tertiary alicyclic amines) is 1. The van der Waals surface area contributed by atoms with Crippen LogP contribution in [-0.4, -0.2) is 64.9 Å². The first kappa shape index (κ1) is 19.9. The Morgan fingerprint density at radius 3 is 2.13 bits per heavy atom. The SMILES string of the molecule is CC(C)(C)OC(=O)COC([C@H](N)C(=O)N1CCCC1)C(C)(C)O. The van der Waals surface area contributed by atoms with Crippen LogP contribution in [-0.2, 0) is 19.1 Å². The van der Waals surface area contributed by atoms with E-state index in [4.69, 9.17) is 15.2 Å². The maximum atomic E-state index is 12.4. The van der Waals surface area contributed by atoms with E-state index in [0.29, 0.717) is 13.1 Å². The lowest BCUT2D eigenvalue weighted by molar-refractivity contribution is -0.171. The average Bonchev–Trinajstić information content (AvgIpc) is 2.87. The van der Waals surface area contributed by atoms with Crippen LogP contribution >= 0.6 is 0 Å². The molecule has 1 amide bonds. The first-order valence-electron chi connectivity index (χ1n) is 8.02. The number of hydrogen-bond donors (Lipinski definition) is 2. The van der Waals surface area contributed by atoms with Crippen molar-refractivity contribution in [3.05, 3.63) is 0 Å². The highest BCUT2D eigenvalue weighted by atomic mass is 16.6. The second-order valence-corrected chi connectivity index (χ2v) is 7.53. The molecule has 23 heavy (non-hydrogen) atoms. The maximum Gasteiger partial charge on any atom is 0.332 e. The molecular formula is C16H30N2O5. The van der Waals surface area contributed by atoms with E-state index in [1.165, 1.54) is 13.8 Å². The van der Waals surface area contributed by atoms with Crippen LogP contribution in [0.5, 0.6) is 0 Å². The molecule has 0 aromatic heterocycles. The summed E-state index contributed by atoms with van der Waals surface area (Å²) >= 11 is 0. The summed E-state index contributed by atoms with van der Waals surface area (Å²) < 4.78 is 10.6. The third kappa shape index (κ3) is 6.45. The Morgan fingerprint density at radius 1 is 1.17 bits per heavy atom. The second kappa shape index (κ2) is 7.59. The number of carbonyl (C=O) groups excluding carboxylic acids is 2. The molecule has 7 heteroatoms. The van der Waals surface area contributed by atoms with Crippen LogP contribution in [0, 0.1) is 0 Å². The maximum absolute atomic E-state index is 12.4. The van der Waals surface area contributed by atoms with Crippen molar-refractivity contribution in [1.82, 2.24) is 4.90 Å². The standard InChI is InChI=1S/C16H30N2O5/c1-15(2,3)23-11(19)10-22-13(16(4,5)21)12(17)14(20)18-8-6-7-9-18/h12-13,21H,6-10,17H2,1-5H3/t12-,13?/m0/s1. The zero-order valence-electron chi connectivity index (χ0n) is 14.8. The average molecular weight is 330 g/mol. The Bertz CT molecular complexity index is 419. The minimum Gasteiger partial charge on any atom is -0.458 e. The molecule has 0 aromatic carbocycles. The Balaban J connectivity index is 2.69. The van der Waals surface area contributed by atoms with E-state index in [-0.39, 0.29) is 12.5 Å². The summed E-state index contributed by atoms with van der Waals surface area (Å²) in [6, 6.07) is -1.03. The summed E-state index contributed by atoms with van der Waals surface area (Å²) in [5.74, 6) is -0.827. The fraction of sp³-hybridized carbons (Fsp3) is 0.875. The number of ether oxygens (including phenoxy) is 2. The van der Waals surface area contributed by atoms with Crippen LogP contribution in [0.4, 0.5) is 0 Å². The van der Waals surface area contributed by atoms with E-state index < -0.39 is 29.3 Å². The monoisotopic (exact) mass is 330 g/mol. The third-order valence-corrected chi connectivity index (χ3v) is 3.53. The van der Waals surface area contributed by atoms with Gasteiger partial charge >= 0.3 is 5.97 Å². The molecule has 2 atom stereocenters. The number of hydrogen-bond acceptors (Lipinski definition) is 6. The van der Waals surface area contributed by atoms with Crippen molar-refractivity contribution in [3.8, 4) is 0 Å². The van der Waals surface area contributed by atoms with Gasteiger partial charge in [0.2, 0.25) is 5.91 Å². The van der Waals surface area contributed by atoms with Crippen LogP contribution < -0.4 is 5.73 Å². The highest BCUT2D eigenvalue weighted by molar-refractivity contribution is 5.82. The Kier molecular flexibility index (Phi) is 6.56. The first-order valence-corrected chi connectivity index (χ1v) is 8.02.